The number of hydrogen-bond donors (Lipinski definition) is 1. The van der Waals surface area contributed by atoms with Gasteiger partial charge in [0.2, 0.25) is 0 Å². The smallest absolute Gasteiger partial charge is 0.309 e. The van der Waals surface area contributed by atoms with E-state index >= 15 is 0 Å². The molecule has 0 heterocycles. The highest BCUT2D eigenvalue weighted by atomic mass is 16.5. The molecular weight excluding hydrogens is 216 g/mol. The van der Waals surface area contributed by atoms with Crippen LogP contribution in [0.15, 0.2) is 30.3 Å². The summed E-state index contributed by atoms with van der Waals surface area (Å²) in [5.41, 5.74) is 2.14. The molecule has 17 heavy (non-hydrogen) atoms. The first-order chi connectivity index (χ1) is 8.26. The molecule has 0 radical (unpaired) electrons. The summed E-state index contributed by atoms with van der Waals surface area (Å²) in [6.07, 6.45) is 4.65. The molecule has 1 aromatic rings. The lowest BCUT2D eigenvalue weighted by atomic mass is 10.1. The van der Waals surface area contributed by atoms with Crippen LogP contribution in [0.2, 0.25) is 0 Å². The van der Waals surface area contributed by atoms with Crippen molar-refractivity contribution in [1.29, 1.82) is 0 Å². The lowest BCUT2D eigenvalue weighted by molar-refractivity contribution is -0.142. The molecule has 0 spiro atoms. The summed E-state index contributed by atoms with van der Waals surface area (Å²) in [4.78, 5) is 11.1. The number of hydrogen-bond acceptors (Lipinski definition) is 3. The summed E-state index contributed by atoms with van der Waals surface area (Å²) >= 11 is 0. The fraction of sp³-hybridized carbons (Fsp3) is 0.357. The minimum atomic E-state index is -0.208. The van der Waals surface area contributed by atoms with Crippen LogP contribution in [0.3, 0.4) is 0 Å². The zero-order chi connectivity index (χ0) is 12.5. The van der Waals surface area contributed by atoms with Gasteiger partial charge in [0.15, 0.2) is 0 Å². The van der Waals surface area contributed by atoms with E-state index in [1.165, 1.54) is 0 Å². The van der Waals surface area contributed by atoms with Crippen molar-refractivity contribution in [3.05, 3.63) is 41.5 Å². The molecule has 0 unspecified atom stereocenters. The average molecular weight is 234 g/mol. The second-order valence-corrected chi connectivity index (χ2v) is 3.63. The third-order valence-electron chi connectivity index (χ3n) is 2.28. The second-order valence-electron chi connectivity index (χ2n) is 3.63. The molecule has 1 rings (SSSR count). The van der Waals surface area contributed by atoms with Crippen molar-refractivity contribution in [2.24, 2.45) is 0 Å². The first kappa shape index (κ1) is 13.5. The Kier molecular flexibility index (Phi) is 6.04. The molecule has 1 N–H and O–H groups in total. The molecule has 0 fully saturated rings. The summed E-state index contributed by atoms with van der Waals surface area (Å²) in [7, 11) is 0. The third-order valence-corrected chi connectivity index (χ3v) is 2.28. The van der Waals surface area contributed by atoms with E-state index in [2.05, 4.69) is 0 Å². The van der Waals surface area contributed by atoms with Crippen LogP contribution in [0.1, 0.15) is 24.5 Å². The van der Waals surface area contributed by atoms with E-state index in [4.69, 9.17) is 9.84 Å². The Morgan fingerprint density at radius 1 is 1.35 bits per heavy atom. The number of benzene rings is 1. The summed E-state index contributed by atoms with van der Waals surface area (Å²) in [6, 6.07) is 7.87. The minimum Gasteiger partial charge on any atom is -0.466 e. The first-order valence-electron chi connectivity index (χ1n) is 5.78. The Labute approximate surface area is 102 Å². The van der Waals surface area contributed by atoms with Crippen LogP contribution in [0, 0.1) is 0 Å². The van der Waals surface area contributed by atoms with Gasteiger partial charge < -0.3 is 9.84 Å². The number of esters is 1. The number of aliphatic hydroxyl groups excluding tert-OH is 1. The van der Waals surface area contributed by atoms with Crippen molar-refractivity contribution >= 4 is 12.0 Å². The van der Waals surface area contributed by atoms with Crippen molar-refractivity contribution in [3.8, 4) is 0 Å². The van der Waals surface area contributed by atoms with Gasteiger partial charge in [-0.2, -0.15) is 0 Å². The normalized spacial score (nSPS) is 10.7. The van der Waals surface area contributed by atoms with Crippen molar-refractivity contribution in [2.75, 3.05) is 13.2 Å². The average Bonchev–Trinajstić information content (AvgIpc) is 2.32. The number of ether oxygens (including phenoxy) is 1. The highest BCUT2D eigenvalue weighted by Gasteiger charge is 1.96. The van der Waals surface area contributed by atoms with Crippen LogP contribution < -0.4 is 0 Å². The zero-order valence-corrected chi connectivity index (χ0v) is 10.1. The largest absolute Gasteiger partial charge is 0.466 e. The van der Waals surface area contributed by atoms with Crippen LogP contribution in [0.5, 0.6) is 0 Å². The molecule has 1 aromatic carbocycles. The van der Waals surface area contributed by atoms with Gasteiger partial charge in [0, 0.05) is 6.61 Å². The fourth-order valence-corrected chi connectivity index (χ4v) is 1.44. The molecule has 92 valence electrons. The first-order valence-corrected chi connectivity index (χ1v) is 5.78. The highest BCUT2D eigenvalue weighted by molar-refractivity contribution is 5.72. The van der Waals surface area contributed by atoms with Gasteiger partial charge in [-0.3, -0.25) is 4.79 Å². The van der Waals surface area contributed by atoms with Crippen LogP contribution in [0.25, 0.3) is 6.08 Å². The number of rotatable bonds is 6. The number of aliphatic hydroxyl groups is 1. The van der Waals surface area contributed by atoms with E-state index in [0.717, 1.165) is 11.1 Å². The molecule has 0 aliphatic heterocycles. The quantitative estimate of drug-likeness (QED) is 0.767. The van der Waals surface area contributed by atoms with Crippen molar-refractivity contribution in [1.82, 2.24) is 0 Å². The van der Waals surface area contributed by atoms with Crippen LogP contribution >= 0.6 is 0 Å². The molecule has 0 aromatic heterocycles. The molecule has 0 saturated heterocycles. The predicted molar refractivity (Wildman–Crippen MR) is 67.5 cm³/mol. The molecule has 0 aliphatic rings. The molecule has 3 nitrogen and oxygen atoms in total. The van der Waals surface area contributed by atoms with Gasteiger partial charge in [0.1, 0.15) is 0 Å². The lowest BCUT2D eigenvalue weighted by Gasteiger charge is -1.99. The third kappa shape index (κ3) is 5.31. The maximum absolute atomic E-state index is 11.1. The number of carbonyl (C=O) groups excluding carboxylic acids is 1. The zero-order valence-electron chi connectivity index (χ0n) is 10.1. The van der Waals surface area contributed by atoms with Crippen LogP contribution in [0.4, 0.5) is 0 Å². The molecule has 0 saturated carbocycles. The molecule has 0 amide bonds. The standard InChI is InChI=1S/C14H18O3/c1-2-17-14(16)5-3-4-12-6-8-13(9-7-12)10-11-15/h3-4,6-9,15H,2,5,10-11H2,1H3/b4-3+. The van der Waals surface area contributed by atoms with E-state index in [0.29, 0.717) is 19.4 Å². The summed E-state index contributed by atoms with van der Waals surface area (Å²) in [6.45, 7) is 2.38. The van der Waals surface area contributed by atoms with Gasteiger partial charge in [0.25, 0.3) is 0 Å². The van der Waals surface area contributed by atoms with Crippen LogP contribution in [-0.4, -0.2) is 24.3 Å². The van der Waals surface area contributed by atoms with E-state index < -0.39 is 0 Å². The SMILES string of the molecule is CCOC(=O)C/C=C/c1ccc(CCO)cc1. The topological polar surface area (TPSA) is 46.5 Å². The van der Waals surface area contributed by atoms with Gasteiger partial charge in [-0.1, -0.05) is 36.4 Å². The van der Waals surface area contributed by atoms with Crippen LogP contribution in [-0.2, 0) is 16.0 Å². The Morgan fingerprint density at radius 3 is 2.65 bits per heavy atom. The highest BCUT2D eigenvalue weighted by Crippen LogP contribution is 2.07. The molecular formula is C14H18O3. The number of carbonyl (C=O) groups is 1. The Morgan fingerprint density at radius 2 is 2.06 bits per heavy atom. The fourth-order valence-electron chi connectivity index (χ4n) is 1.44. The Hall–Kier alpha value is -1.61. The van der Waals surface area contributed by atoms with E-state index in [9.17, 15) is 4.79 Å². The monoisotopic (exact) mass is 234 g/mol. The van der Waals surface area contributed by atoms with Gasteiger partial charge in [0.05, 0.1) is 13.0 Å². The predicted octanol–water partition coefficient (Wildman–Crippen LogP) is 2.19. The molecule has 0 bridgehead atoms. The Bertz CT molecular complexity index is 366. The summed E-state index contributed by atoms with van der Waals surface area (Å²) < 4.78 is 4.81. The lowest BCUT2D eigenvalue weighted by Crippen LogP contribution is -2.01. The Balaban J connectivity index is 2.45. The van der Waals surface area contributed by atoms with E-state index in [1.807, 2.05) is 30.3 Å². The minimum absolute atomic E-state index is 0.165. The second kappa shape index (κ2) is 7.63. The van der Waals surface area contributed by atoms with E-state index in [1.54, 1.807) is 13.0 Å². The van der Waals surface area contributed by atoms with E-state index in [-0.39, 0.29) is 12.6 Å². The molecule has 3 heteroatoms. The van der Waals surface area contributed by atoms with Crippen molar-refractivity contribution in [3.63, 3.8) is 0 Å². The van der Waals surface area contributed by atoms with Crippen molar-refractivity contribution < 1.29 is 14.6 Å². The molecule has 0 aliphatic carbocycles. The van der Waals surface area contributed by atoms with Gasteiger partial charge >= 0.3 is 5.97 Å². The maximum Gasteiger partial charge on any atom is 0.309 e. The maximum atomic E-state index is 11.1. The van der Waals surface area contributed by atoms with Gasteiger partial charge in [-0.05, 0) is 24.5 Å². The summed E-state index contributed by atoms with van der Waals surface area (Å²) in [5, 5.41) is 8.78. The van der Waals surface area contributed by atoms with Gasteiger partial charge in [-0.25, -0.2) is 0 Å². The summed E-state index contributed by atoms with van der Waals surface area (Å²) in [5.74, 6) is -0.208. The van der Waals surface area contributed by atoms with Gasteiger partial charge in [-0.15, -0.1) is 0 Å². The van der Waals surface area contributed by atoms with Crippen molar-refractivity contribution in [2.45, 2.75) is 19.8 Å². The molecule has 0 atom stereocenters.